The van der Waals surface area contributed by atoms with E-state index in [0.717, 1.165) is 20.2 Å². The third kappa shape index (κ3) is 5.60. The van der Waals surface area contributed by atoms with Crippen LogP contribution in [0.4, 0.5) is 16.2 Å². The molecule has 1 heterocycles. The summed E-state index contributed by atoms with van der Waals surface area (Å²) in [6.07, 6.45) is 1.57. The Hall–Kier alpha value is -3.50. The number of anilines is 2. The molecule has 0 atom stereocenters. The number of aromatic nitrogens is 2. The van der Waals surface area contributed by atoms with Crippen LogP contribution in [-0.4, -0.2) is 35.9 Å². The van der Waals surface area contributed by atoms with E-state index in [1.165, 1.54) is 4.57 Å². The van der Waals surface area contributed by atoms with Gasteiger partial charge in [-0.15, -0.1) is 0 Å². The molecule has 0 spiro atoms. The van der Waals surface area contributed by atoms with Crippen molar-refractivity contribution in [2.24, 2.45) is 5.10 Å². The standard InChI is InChI=1S/C25H22Br2N6O2/c1-15-29-23-21(12-17(26)13-22(23)27)24(34)33(15)20-10-6-18(7-11-20)30-25(35)31-28-14-16-4-8-19(9-5-16)32(2)3/h4-14H,1-3H3,(H2,30,31,35)/b28-14+. The second-order valence-corrected chi connectivity index (χ2v) is 9.71. The van der Waals surface area contributed by atoms with E-state index in [1.54, 1.807) is 43.5 Å². The number of aryl methyl sites for hydroxylation is 1. The molecule has 0 unspecified atom stereocenters. The van der Waals surface area contributed by atoms with E-state index in [4.69, 9.17) is 0 Å². The van der Waals surface area contributed by atoms with Crippen LogP contribution in [0.2, 0.25) is 0 Å². The van der Waals surface area contributed by atoms with Gasteiger partial charge in [-0.05, 0) is 76.9 Å². The highest BCUT2D eigenvalue weighted by molar-refractivity contribution is 9.11. The van der Waals surface area contributed by atoms with Crippen LogP contribution in [0.5, 0.6) is 0 Å². The molecule has 35 heavy (non-hydrogen) atoms. The van der Waals surface area contributed by atoms with E-state index in [0.29, 0.717) is 28.1 Å². The summed E-state index contributed by atoms with van der Waals surface area (Å²) in [5.74, 6) is 0.553. The fourth-order valence-corrected chi connectivity index (χ4v) is 4.82. The second-order valence-electron chi connectivity index (χ2n) is 7.94. The van der Waals surface area contributed by atoms with Crippen LogP contribution in [0.25, 0.3) is 16.6 Å². The Morgan fingerprint density at radius 1 is 1.06 bits per heavy atom. The molecule has 0 aliphatic carbocycles. The highest BCUT2D eigenvalue weighted by Crippen LogP contribution is 2.26. The van der Waals surface area contributed by atoms with Crippen LogP contribution in [0, 0.1) is 6.92 Å². The van der Waals surface area contributed by atoms with Crippen LogP contribution in [0.3, 0.4) is 0 Å². The molecule has 3 aromatic carbocycles. The van der Waals surface area contributed by atoms with E-state index in [-0.39, 0.29) is 5.56 Å². The van der Waals surface area contributed by atoms with Crippen molar-refractivity contribution >= 4 is 66.4 Å². The summed E-state index contributed by atoms with van der Waals surface area (Å²) in [6.45, 7) is 1.78. The molecule has 178 valence electrons. The summed E-state index contributed by atoms with van der Waals surface area (Å²) in [5, 5.41) is 7.19. The average Bonchev–Trinajstić information content (AvgIpc) is 2.81. The van der Waals surface area contributed by atoms with E-state index >= 15 is 0 Å². The van der Waals surface area contributed by atoms with Gasteiger partial charge in [-0.2, -0.15) is 5.10 Å². The van der Waals surface area contributed by atoms with Gasteiger partial charge in [-0.1, -0.05) is 28.1 Å². The number of halogens is 2. The maximum Gasteiger partial charge on any atom is 0.339 e. The van der Waals surface area contributed by atoms with Gasteiger partial charge in [-0.3, -0.25) is 9.36 Å². The molecule has 2 amide bonds. The Labute approximate surface area is 218 Å². The summed E-state index contributed by atoms with van der Waals surface area (Å²) in [6, 6.07) is 17.8. The van der Waals surface area contributed by atoms with Crippen molar-refractivity contribution in [3.05, 3.63) is 91.4 Å². The number of urea groups is 1. The summed E-state index contributed by atoms with van der Waals surface area (Å²) in [7, 11) is 3.94. The predicted octanol–water partition coefficient (Wildman–Crippen LogP) is 5.44. The highest BCUT2D eigenvalue weighted by Gasteiger charge is 2.13. The number of hydrazone groups is 1. The van der Waals surface area contributed by atoms with E-state index in [9.17, 15) is 9.59 Å². The lowest BCUT2D eigenvalue weighted by atomic mass is 10.2. The summed E-state index contributed by atoms with van der Waals surface area (Å²) >= 11 is 6.89. The zero-order valence-corrected chi connectivity index (χ0v) is 22.4. The minimum atomic E-state index is -0.477. The topological polar surface area (TPSA) is 91.6 Å². The molecule has 8 nitrogen and oxygen atoms in total. The van der Waals surface area contributed by atoms with Crippen molar-refractivity contribution in [2.45, 2.75) is 6.92 Å². The first kappa shape index (κ1) is 24.6. The molecule has 2 N–H and O–H groups in total. The van der Waals surface area contributed by atoms with Gasteiger partial charge in [-0.25, -0.2) is 15.2 Å². The van der Waals surface area contributed by atoms with E-state index in [2.05, 4.69) is 52.7 Å². The van der Waals surface area contributed by atoms with Crippen molar-refractivity contribution in [2.75, 3.05) is 24.3 Å². The lowest BCUT2D eigenvalue weighted by molar-refractivity contribution is 0.252. The summed E-state index contributed by atoms with van der Waals surface area (Å²) < 4.78 is 3.06. The number of carbonyl (C=O) groups is 1. The molecule has 0 aliphatic rings. The number of nitrogens with zero attached hydrogens (tertiary/aromatic N) is 4. The van der Waals surface area contributed by atoms with Crippen molar-refractivity contribution in [1.82, 2.24) is 15.0 Å². The molecular formula is C25H22Br2N6O2. The number of hydrogen-bond donors (Lipinski definition) is 2. The zero-order valence-electron chi connectivity index (χ0n) is 19.2. The molecule has 4 rings (SSSR count). The van der Waals surface area contributed by atoms with Crippen molar-refractivity contribution < 1.29 is 4.79 Å². The summed E-state index contributed by atoms with van der Waals surface area (Å²) in [5.41, 5.74) is 6.02. The second kappa shape index (κ2) is 10.4. The van der Waals surface area contributed by atoms with Gasteiger partial charge in [0.15, 0.2) is 0 Å². The number of fused-ring (bicyclic) bond motifs is 1. The molecule has 0 radical (unpaired) electrons. The Balaban J connectivity index is 1.46. The zero-order chi connectivity index (χ0) is 25.1. The Kier molecular flexibility index (Phi) is 7.32. The van der Waals surface area contributed by atoms with Crippen LogP contribution in [0.15, 0.2) is 79.5 Å². The molecule has 0 saturated heterocycles. The first-order chi connectivity index (χ1) is 16.7. The molecule has 0 aliphatic heterocycles. The number of nitrogens with one attached hydrogen (secondary N) is 2. The Bertz CT molecular complexity index is 1480. The van der Waals surface area contributed by atoms with Gasteiger partial charge in [0.2, 0.25) is 0 Å². The molecule has 0 saturated carbocycles. The molecule has 1 aromatic heterocycles. The lowest BCUT2D eigenvalue weighted by Crippen LogP contribution is -2.24. The van der Waals surface area contributed by atoms with Gasteiger partial charge in [0.25, 0.3) is 5.56 Å². The number of amides is 2. The molecule has 4 aromatic rings. The minimum absolute atomic E-state index is 0.180. The third-order valence-electron chi connectivity index (χ3n) is 5.23. The van der Waals surface area contributed by atoms with Gasteiger partial charge >= 0.3 is 6.03 Å². The Morgan fingerprint density at radius 3 is 2.40 bits per heavy atom. The normalized spacial score (nSPS) is 11.1. The lowest BCUT2D eigenvalue weighted by Gasteiger charge is -2.13. The van der Waals surface area contributed by atoms with Crippen molar-refractivity contribution in [3.63, 3.8) is 0 Å². The maximum absolute atomic E-state index is 13.2. The van der Waals surface area contributed by atoms with E-state index in [1.807, 2.05) is 49.3 Å². The average molecular weight is 598 g/mol. The van der Waals surface area contributed by atoms with Crippen LogP contribution < -0.4 is 21.2 Å². The van der Waals surface area contributed by atoms with Crippen molar-refractivity contribution in [1.29, 1.82) is 0 Å². The fourth-order valence-electron chi connectivity index (χ4n) is 3.50. The van der Waals surface area contributed by atoms with Crippen molar-refractivity contribution in [3.8, 4) is 5.69 Å². The SMILES string of the molecule is Cc1nc2c(Br)cc(Br)cc2c(=O)n1-c1ccc(NC(=O)N/N=C/c2ccc(N(C)C)cc2)cc1. The molecular weight excluding hydrogens is 576 g/mol. The van der Waals surface area contributed by atoms with Gasteiger partial charge in [0.1, 0.15) is 5.82 Å². The van der Waals surface area contributed by atoms with Gasteiger partial charge in [0.05, 0.1) is 22.8 Å². The fraction of sp³-hybridized carbons (Fsp3) is 0.120. The van der Waals surface area contributed by atoms with Gasteiger partial charge < -0.3 is 10.2 Å². The maximum atomic E-state index is 13.2. The van der Waals surface area contributed by atoms with Crippen LogP contribution in [-0.2, 0) is 0 Å². The first-order valence-corrected chi connectivity index (χ1v) is 12.2. The number of benzene rings is 3. The predicted molar refractivity (Wildman–Crippen MR) is 148 cm³/mol. The largest absolute Gasteiger partial charge is 0.378 e. The number of rotatable bonds is 5. The van der Waals surface area contributed by atoms with Gasteiger partial charge in [0, 0.05) is 34.4 Å². The molecule has 0 fully saturated rings. The monoisotopic (exact) mass is 596 g/mol. The first-order valence-electron chi connectivity index (χ1n) is 10.6. The minimum Gasteiger partial charge on any atom is -0.378 e. The highest BCUT2D eigenvalue weighted by atomic mass is 79.9. The molecule has 10 heteroatoms. The summed E-state index contributed by atoms with van der Waals surface area (Å²) in [4.78, 5) is 32.0. The quantitative estimate of drug-likeness (QED) is 0.237. The smallest absolute Gasteiger partial charge is 0.339 e. The Morgan fingerprint density at radius 2 is 1.74 bits per heavy atom. The number of hydrogen-bond acceptors (Lipinski definition) is 5. The number of carbonyl (C=O) groups excluding carboxylic acids is 1. The molecule has 0 bridgehead atoms. The third-order valence-corrected chi connectivity index (χ3v) is 6.29. The van der Waals surface area contributed by atoms with E-state index < -0.39 is 6.03 Å². The van der Waals surface area contributed by atoms with Crippen LogP contribution in [0.1, 0.15) is 11.4 Å². The van der Waals surface area contributed by atoms with Crippen LogP contribution >= 0.6 is 31.9 Å².